The molecule has 0 unspecified atom stereocenters. The van der Waals surface area contributed by atoms with Crippen LogP contribution in [0, 0.1) is 5.82 Å². The summed E-state index contributed by atoms with van der Waals surface area (Å²) in [7, 11) is 1.41. The van der Waals surface area contributed by atoms with Crippen molar-refractivity contribution in [3.8, 4) is 17.0 Å². The number of hydrogen-bond acceptors (Lipinski definition) is 7. The van der Waals surface area contributed by atoms with Gasteiger partial charge < -0.3 is 14.6 Å². The van der Waals surface area contributed by atoms with Gasteiger partial charge in [-0.2, -0.15) is 4.98 Å². The van der Waals surface area contributed by atoms with E-state index in [1.807, 2.05) is 0 Å². The fourth-order valence-corrected chi connectivity index (χ4v) is 3.32. The largest absolute Gasteiger partial charge is 0.494 e. The minimum atomic E-state index is -0.457. The first-order valence-corrected chi connectivity index (χ1v) is 9.87. The van der Waals surface area contributed by atoms with Crippen molar-refractivity contribution in [1.82, 2.24) is 15.1 Å². The predicted molar refractivity (Wildman–Crippen MR) is 104 cm³/mol. The molecule has 7 nitrogen and oxygen atoms in total. The van der Waals surface area contributed by atoms with Gasteiger partial charge in [0.2, 0.25) is 11.8 Å². The van der Waals surface area contributed by atoms with Crippen LogP contribution in [-0.2, 0) is 17.6 Å². The van der Waals surface area contributed by atoms with E-state index in [-0.39, 0.29) is 11.7 Å². The van der Waals surface area contributed by atoms with Crippen LogP contribution >= 0.6 is 11.3 Å². The number of carbonyl (C=O) groups excluding carboxylic acids is 1. The maximum atomic E-state index is 13.8. The quantitative estimate of drug-likeness (QED) is 0.573. The van der Waals surface area contributed by atoms with Gasteiger partial charge in [-0.3, -0.25) is 4.79 Å². The normalized spacial score (nSPS) is 10.8. The van der Waals surface area contributed by atoms with E-state index >= 15 is 0 Å². The van der Waals surface area contributed by atoms with Gasteiger partial charge in [0.1, 0.15) is 0 Å². The molecule has 3 rings (SSSR count). The first kappa shape index (κ1) is 19.9. The lowest BCUT2D eigenvalue weighted by atomic mass is 10.1. The molecule has 2 aromatic heterocycles. The number of carbonyl (C=O) groups is 1. The minimum absolute atomic E-state index is 0.143. The first-order chi connectivity index (χ1) is 13.6. The SMILES string of the molecule is CCCc1noc(CCCC(=O)Nc2nc(-c3ccc(OC)c(F)c3)cs2)n1. The molecular weight excluding hydrogens is 383 g/mol. The summed E-state index contributed by atoms with van der Waals surface area (Å²) in [5.41, 5.74) is 1.21. The van der Waals surface area contributed by atoms with Gasteiger partial charge in [-0.05, 0) is 31.0 Å². The Morgan fingerprint density at radius 3 is 2.93 bits per heavy atom. The molecule has 3 aromatic rings. The fourth-order valence-electron chi connectivity index (χ4n) is 2.59. The summed E-state index contributed by atoms with van der Waals surface area (Å²) in [5.74, 6) is 0.828. The molecule has 0 spiro atoms. The maximum Gasteiger partial charge on any atom is 0.226 e. The fraction of sp³-hybridized carbons (Fsp3) is 0.368. The summed E-state index contributed by atoms with van der Waals surface area (Å²) in [6.45, 7) is 2.05. The van der Waals surface area contributed by atoms with E-state index in [1.165, 1.54) is 24.5 Å². The molecule has 28 heavy (non-hydrogen) atoms. The zero-order valence-corrected chi connectivity index (χ0v) is 16.5. The number of aryl methyl sites for hydroxylation is 2. The maximum absolute atomic E-state index is 13.8. The van der Waals surface area contributed by atoms with Gasteiger partial charge in [-0.25, -0.2) is 9.37 Å². The predicted octanol–water partition coefficient (Wildman–Crippen LogP) is 4.25. The number of methoxy groups -OCH3 is 1. The van der Waals surface area contributed by atoms with E-state index < -0.39 is 5.82 Å². The summed E-state index contributed by atoms with van der Waals surface area (Å²) >= 11 is 1.29. The molecule has 0 aliphatic carbocycles. The highest BCUT2D eigenvalue weighted by Gasteiger charge is 2.12. The third-order valence-corrected chi connectivity index (χ3v) is 4.73. The average molecular weight is 404 g/mol. The Morgan fingerprint density at radius 1 is 1.32 bits per heavy atom. The molecule has 0 bridgehead atoms. The van der Waals surface area contributed by atoms with Crippen LogP contribution in [0.3, 0.4) is 0 Å². The minimum Gasteiger partial charge on any atom is -0.494 e. The molecule has 1 amide bonds. The van der Waals surface area contributed by atoms with E-state index in [0.717, 1.165) is 12.8 Å². The van der Waals surface area contributed by atoms with Gasteiger partial charge in [0.25, 0.3) is 0 Å². The van der Waals surface area contributed by atoms with Gasteiger partial charge in [0, 0.05) is 30.2 Å². The number of amides is 1. The molecule has 0 radical (unpaired) electrons. The smallest absolute Gasteiger partial charge is 0.226 e. The molecule has 9 heteroatoms. The second-order valence-electron chi connectivity index (χ2n) is 6.14. The summed E-state index contributed by atoms with van der Waals surface area (Å²) in [5, 5.41) is 8.89. The molecule has 148 valence electrons. The van der Waals surface area contributed by atoms with Crippen LogP contribution < -0.4 is 10.1 Å². The van der Waals surface area contributed by atoms with Gasteiger partial charge in [0.15, 0.2) is 22.5 Å². The van der Waals surface area contributed by atoms with Crippen molar-refractivity contribution < 1.29 is 18.4 Å². The Labute approximate surface area is 166 Å². The van der Waals surface area contributed by atoms with Crippen molar-refractivity contribution in [2.75, 3.05) is 12.4 Å². The van der Waals surface area contributed by atoms with Gasteiger partial charge in [-0.1, -0.05) is 12.1 Å². The molecule has 0 aliphatic rings. The summed E-state index contributed by atoms with van der Waals surface area (Å²) in [4.78, 5) is 20.7. The van der Waals surface area contributed by atoms with Crippen molar-refractivity contribution in [3.05, 3.63) is 41.1 Å². The monoisotopic (exact) mass is 404 g/mol. The van der Waals surface area contributed by atoms with Crippen LogP contribution in [0.1, 0.15) is 37.9 Å². The Kier molecular flexibility index (Phi) is 6.70. The van der Waals surface area contributed by atoms with E-state index in [9.17, 15) is 9.18 Å². The van der Waals surface area contributed by atoms with Gasteiger partial charge >= 0.3 is 0 Å². The van der Waals surface area contributed by atoms with Crippen molar-refractivity contribution in [2.45, 2.75) is 39.0 Å². The number of hydrogen-bond donors (Lipinski definition) is 1. The van der Waals surface area contributed by atoms with Crippen LogP contribution in [0.5, 0.6) is 5.75 Å². The molecule has 0 atom stereocenters. The van der Waals surface area contributed by atoms with Crippen LogP contribution in [-0.4, -0.2) is 28.1 Å². The van der Waals surface area contributed by atoms with Crippen LogP contribution in [0.2, 0.25) is 0 Å². The van der Waals surface area contributed by atoms with E-state index in [2.05, 4.69) is 27.4 Å². The molecular formula is C19H21FN4O3S. The van der Waals surface area contributed by atoms with E-state index in [4.69, 9.17) is 9.26 Å². The van der Waals surface area contributed by atoms with Gasteiger partial charge in [0.05, 0.1) is 12.8 Å². The Bertz CT molecular complexity index is 941. The number of nitrogens with zero attached hydrogens (tertiary/aromatic N) is 3. The summed E-state index contributed by atoms with van der Waals surface area (Å²) < 4.78 is 23.9. The van der Waals surface area contributed by atoms with Crippen molar-refractivity contribution in [1.29, 1.82) is 0 Å². The molecule has 0 aliphatic heterocycles. The van der Waals surface area contributed by atoms with Crippen LogP contribution in [0.15, 0.2) is 28.1 Å². The average Bonchev–Trinajstić information content (AvgIpc) is 3.32. The Morgan fingerprint density at radius 2 is 2.18 bits per heavy atom. The third kappa shape index (κ3) is 5.13. The number of ether oxygens (including phenoxy) is 1. The Balaban J connectivity index is 1.50. The molecule has 0 saturated heterocycles. The number of anilines is 1. The zero-order chi connectivity index (χ0) is 19.9. The molecule has 1 N–H and O–H groups in total. The summed E-state index contributed by atoms with van der Waals surface area (Å²) in [6.07, 6.45) is 3.21. The van der Waals surface area contributed by atoms with Crippen molar-refractivity contribution >= 4 is 22.4 Å². The molecule has 1 aromatic carbocycles. The number of halogens is 1. The van der Waals surface area contributed by atoms with Gasteiger partial charge in [-0.15, -0.1) is 11.3 Å². The molecule has 0 fully saturated rings. The lowest BCUT2D eigenvalue weighted by molar-refractivity contribution is -0.116. The van der Waals surface area contributed by atoms with E-state index in [0.29, 0.717) is 47.4 Å². The lowest BCUT2D eigenvalue weighted by Crippen LogP contribution is -2.11. The highest BCUT2D eigenvalue weighted by Crippen LogP contribution is 2.28. The van der Waals surface area contributed by atoms with Crippen molar-refractivity contribution in [3.63, 3.8) is 0 Å². The lowest BCUT2D eigenvalue weighted by Gasteiger charge is -2.03. The Hall–Kier alpha value is -2.81. The number of thiazole rings is 1. The first-order valence-electron chi connectivity index (χ1n) is 8.99. The van der Waals surface area contributed by atoms with Crippen LogP contribution in [0.25, 0.3) is 11.3 Å². The third-order valence-electron chi connectivity index (χ3n) is 3.98. The van der Waals surface area contributed by atoms with Crippen molar-refractivity contribution in [2.24, 2.45) is 0 Å². The number of aromatic nitrogens is 3. The second kappa shape index (κ2) is 9.41. The topological polar surface area (TPSA) is 90.1 Å². The highest BCUT2D eigenvalue weighted by atomic mass is 32.1. The summed E-state index contributed by atoms with van der Waals surface area (Å²) in [6, 6.07) is 4.63. The number of nitrogens with one attached hydrogen (secondary N) is 1. The number of benzene rings is 1. The zero-order valence-electron chi connectivity index (χ0n) is 15.7. The standard InChI is InChI=1S/C19H21FN4O3S/c1-3-5-16-22-18(27-24-16)7-4-6-17(25)23-19-21-14(11-28-19)12-8-9-15(26-2)13(20)10-12/h8-11H,3-7H2,1-2H3,(H,21,23,25). The highest BCUT2D eigenvalue weighted by molar-refractivity contribution is 7.14. The van der Waals surface area contributed by atoms with Crippen LogP contribution in [0.4, 0.5) is 9.52 Å². The van der Waals surface area contributed by atoms with E-state index in [1.54, 1.807) is 17.5 Å². The second-order valence-corrected chi connectivity index (χ2v) is 7.00. The number of rotatable bonds is 9. The molecule has 2 heterocycles. The molecule has 0 saturated carbocycles.